The summed E-state index contributed by atoms with van der Waals surface area (Å²) in [7, 11) is 2.99. The fourth-order valence-corrected chi connectivity index (χ4v) is 7.11. The molecule has 0 bridgehead atoms. The van der Waals surface area contributed by atoms with E-state index in [-0.39, 0.29) is 12.3 Å². The Labute approximate surface area is 160 Å². The van der Waals surface area contributed by atoms with Crippen molar-refractivity contribution in [2.75, 3.05) is 62.3 Å². The normalized spacial score (nSPS) is 12.7. The molecule has 0 radical (unpaired) electrons. The Bertz CT molecular complexity index is 380. The molecule has 11 heteroatoms. The Balaban J connectivity index is 5.33. The van der Waals surface area contributed by atoms with Crippen molar-refractivity contribution >= 4 is 23.8 Å². The Kier molecular flexibility index (Phi) is 12.7. The topological polar surface area (TPSA) is 78.9 Å². The van der Waals surface area contributed by atoms with Gasteiger partial charge in [0.05, 0.1) is 0 Å². The van der Waals surface area contributed by atoms with Crippen LogP contribution in [-0.2, 0) is 31.4 Å². The quantitative estimate of drug-likeness (QED) is 0.370. The molecule has 0 heterocycles. The summed E-state index contributed by atoms with van der Waals surface area (Å²) in [5.41, 5.74) is 0. The van der Waals surface area contributed by atoms with Crippen LogP contribution in [0.3, 0.4) is 0 Å². The molecule has 0 aromatic carbocycles. The van der Waals surface area contributed by atoms with Gasteiger partial charge in [-0.05, 0) is 19.4 Å². The van der Waals surface area contributed by atoms with Crippen LogP contribution in [0.15, 0.2) is 0 Å². The van der Waals surface area contributed by atoms with Gasteiger partial charge in [0.1, 0.15) is 0 Å². The molecule has 156 valence electrons. The molecule has 0 N–H and O–H groups in total. The third-order valence-corrected chi connectivity index (χ3v) is 9.55. The minimum atomic E-state index is -3.21. The smallest absolute Gasteiger partial charge is 0.364 e. The van der Waals surface area contributed by atoms with Crippen LogP contribution in [0.5, 0.6) is 0 Å². The van der Waals surface area contributed by atoms with E-state index >= 15 is 0 Å². The second-order valence-corrected chi connectivity index (χ2v) is 11.3. The molecule has 0 atom stereocenters. The van der Waals surface area contributed by atoms with Gasteiger partial charge < -0.3 is 31.1 Å². The van der Waals surface area contributed by atoms with Crippen molar-refractivity contribution in [3.63, 3.8) is 0 Å². The van der Waals surface area contributed by atoms with Crippen molar-refractivity contribution in [2.24, 2.45) is 0 Å². The van der Waals surface area contributed by atoms with Crippen molar-refractivity contribution in [3.8, 4) is 0 Å². The van der Waals surface area contributed by atoms with E-state index in [4.69, 9.17) is 26.6 Å². The van der Waals surface area contributed by atoms with Crippen LogP contribution in [-0.4, -0.2) is 95.3 Å². The van der Waals surface area contributed by atoms with E-state index in [1.807, 2.05) is 11.5 Å². The van der Waals surface area contributed by atoms with Crippen LogP contribution in [0.25, 0.3) is 0 Å². The van der Waals surface area contributed by atoms with Gasteiger partial charge in [0.25, 0.3) is 0 Å². The Hall–Kier alpha value is -0.376. The molecule has 0 rings (SSSR count). The molecule has 0 spiro atoms. The highest BCUT2D eigenvalue weighted by Gasteiger charge is 2.50. The molecule has 0 unspecified atom stereocenters. The maximum absolute atomic E-state index is 12.9. The number of nitrogens with zero attached hydrogens (tertiary/aromatic N) is 2. The summed E-state index contributed by atoms with van der Waals surface area (Å²) in [4.78, 5) is 12.9. The molecular weight excluding hydrogens is 376 g/mol. The first-order valence-corrected chi connectivity index (χ1v) is 12.1. The lowest BCUT2D eigenvalue weighted by Crippen LogP contribution is -2.63. The predicted octanol–water partition coefficient (Wildman–Crippen LogP) is 1.08. The predicted molar refractivity (Wildman–Crippen MR) is 102 cm³/mol. The zero-order valence-corrected chi connectivity index (χ0v) is 19.5. The molecular formula is C15H36N2O7Si2. The summed E-state index contributed by atoms with van der Waals surface area (Å²) in [6, 6.07) is 0. The van der Waals surface area contributed by atoms with E-state index < -0.39 is 17.9 Å². The number of rotatable bonds is 15. The van der Waals surface area contributed by atoms with Crippen LogP contribution in [0.1, 0.15) is 33.1 Å². The molecule has 0 aliphatic carbocycles. The van der Waals surface area contributed by atoms with Gasteiger partial charge in [0, 0.05) is 62.2 Å². The van der Waals surface area contributed by atoms with Gasteiger partial charge in [-0.15, -0.1) is 0 Å². The van der Waals surface area contributed by atoms with Gasteiger partial charge in [0.2, 0.25) is 5.91 Å². The van der Waals surface area contributed by atoms with Gasteiger partial charge in [-0.25, -0.2) is 0 Å². The third kappa shape index (κ3) is 6.07. The van der Waals surface area contributed by atoms with E-state index in [9.17, 15) is 4.79 Å². The Morgan fingerprint density at radius 2 is 1.12 bits per heavy atom. The van der Waals surface area contributed by atoms with E-state index in [0.29, 0.717) is 19.6 Å². The molecule has 0 saturated heterocycles. The van der Waals surface area contributed by atoms with Gasteiger partial charge in [0.15, 0.2) is 0 Å². The van der Waals surface area contributed by atoms with E-state index in [1.165, 1.54) is 21.3 Å². The summed E-state index contributed by atoms with van der Waals surface area (Å²) < 4.78 is 36.7. The molecule has 26 heavy (non-hydrogen) atoms. The highest BCUT2D eigenvalue weighted by atomic mass is 28.4. The molecule has 0 aromatic heterocycles. The van der Waals surface area contributed by atoms with E-state index in [0.717, 1.165) is 12.8 Å². The first-order chi connectivity index (χ1) is 12.4. The molecule has 9 nitrogen and oxygen atoms in total. The first kappa shape index (κ1) is 25.6. The number of carbonyl (C=O) groups excluding carboxylic acids is 1. The Morgan fingerprint density at radius 3 is 1.46 bits per heavy atom. The van der Waals surface area contributed by atoms with Crippen LogP contribution in [0.4, 0.5) is 0 Å². The van der Waals surface area contributed by atoms with Crippen molar-refractivity contribution < 1.29 is 31.4 Å². The van der Waals surface area contributed by atoms with Crippen molar-refractivity contribution in [3.05, 3.63) is 0 Å². The molecule has 0 fully saturated rings. The lowest BCUT2D eigenvalue weighted by molar-refractivity contribution is -0.131. The van der Waals surface area contributed by atoms with Crippen molar-refractivity contribution in [1.29, 1.82) is 0 Å². The standard InChI is InChI=1S/C15H36N2O7Si2/c1-9-12-16(25(19-3,20-4)21-5)14-11-15(18)17(13-10-2)26(22-6,23-7)24-8/h9-14H2,1-8H3. The lowest BCUT2D eigenvalue weighted by Gasteiger charge is -2.37. The highest BCUT2D eigenvalue weighted by molar-refractivity contribution is 6.60. The fraction of sp³-hybridized carbons (Fsp3) is 0.933. The van der Waals surface area contributed by atoms with Crippen LogP contribution < -0.4 is 0 Å². The van der Waals surface area contributed by atoms with E-state index in [1.54, 1.807) is 25.9 Å². The molecule has 1 amide bonds. The van der Waals surface area contributed by atoms with Gasteiger partial charge in [-0.1, -0.05) is 13.8 Å². The molecule has 0 aromatic rings. The highest BCUT2D eigenvalue weighted by Crippen LogP contribution is 2.18. The van der Waals surface area contributed by atoms with Crippen molar-refractivity contribution in [1.82, 2.24) is 9.13 Å². The minimum absolute atomic E-state index is 0.101. The molecule has 0 saturated carbocycles. The summed E-state index contributed by atoms with van der Waals surface area (Å²) >= 11 is 0. The number of hydrogen-bond acceptors (Lipinski definition) is 8. The zero-order chi connectivity index (χ0) is 20.2. The summed E-state index contributed by atoms with van der Waals surface area (Å²) in [5.74, 6) is -0.101. The number of carbonyl (C=O) groups is 1. The summed E-state index contributed by atoms with van der Waals surface area (Å²) in [5, 5.41) is 0. The van der Waals surface area contributed by atoms with Crippen LogP contribution in [0.2, 0.25) is 0 Å². The average Bonchev–Trinajstić information content (AvgIpc) is 2.68. The second kappa shape index (κ2) is 12.9. The fourth-order valence-electron chi connectivity index (χ4n) is 2.88. The van der Waals surface area contributed by atoms with Gasteiger partial charge in [-0.2, -0.15) is 0 Å². The molecule has 0 aliphatic heterocycles. The number of amides is 1. The number of hydrogen-bond donors (Lipinski definition) is 0. The van der Waals surface area contributed by atoms with Gasteiger partial charge >= 0.3 is 17.9 Å². The minimum Gasteiger partial charge on any atom is -0.364 e. The van der Waals surface area contributed by atoms with Crippen LogP contribution in [0, 0.1) is 0 Å². The van der Waals surface area contributed by atoms with Crippen LogP contribution >= 0.6 is 0 Å². The zero-order valence-electron chi connectivity index (χ0n) is 17.5. The monoisotopic (exact) mass is 412 g/mol. The summed E-state index contributed by atoms with van der Waals surface area (Å²) in [6.45, 7) is 5.68. The first-order valence-electron chi connectivity index (χ1n) is 8.77. The lowest BCUT2D eigenvalue weighted by atomic mass is 10.3. The average molecular weight is 413 g/mol. The van der Waals surface area contributed by atoms with Crippen molar-refractivity contribution in [2.45, 2.75) is 33.1 Å². The second-order valence-electron chi connectivity index (χ2n) is 5.55. The Morgan fingerprint density at radius 1 is 0.692 bits per heavy atom. The summed E-state index contributed by atoms with van der Waals surface area (Å²) in [6.07, 6.45) is 1.89. The molecule has 0 aliphatic rings. The maximum atomic E-state index is 12.9. The van der Waals surface area contributed by atoms with E-state index in [2.05, 4.69) is 6.92 Å². The third-order valence-electron chi connectivity index (χ3n) is 4.10. The maximum Gasteiger partial charge on any atom is 0.635 e. The largest absolute Gasteiger partial charge is 0.635 e. The van der Waals surface area contributed by atoms with Gasteiger partial charge in [-0.3, -0.25) is 9.36 Å². The SMILES string of the molecule is CCCN(CCC(=O)N(CCC)[Si](OC)(OC)OC)[Si](OC)(OC)OC.